The Balaban J connectivity index is 1.67. The number of nitrogens with two attached hydrogens (primary N) is 1. The molecule has 18 heavy (non-hydrogen) atoms. The molecule has 0 spiro atoms. The van der Waals surface area contributed by atoms with Crippen molar-refractivity contribution in [3.8, 4) is 0 Å². The number of nitrogen functional groups attached to an aromatic ring is 1. The predicted molar refractivity (Wildman–Crippen MR) is 78.7 cm³/mol. The van der Waals surface area contributed by atoms with Crippen molar-refractivity contribution in [3.63, 3.8) is 0 Å². The molecule has 0 unspecified atom stereocenters. The number of thioether (sulfide) groups is 1. The smallest absolute Gasteiger partial charge is 0.117 e. The van der Waals surface area contributed by atoms with Crippen LogP contribution < -0.4 is 5.73 Å². The van der Waals surface area contributed by atoms with E-state index in [1.807, 2.05) is 30.0 Å². The molecule has 1 aromatic heterocycles. The van der Waals surface area contributed by atoms with Gasteiger partial charge >= 0.3 is 0 Å². The number of nitrogens with zero attached hydrogens (tertiary/aromatic N) is 1. The van der Waals surface area contributed by atoms with E-state index in [9.17, 15) is 0 Å². The van der Waals surface area contributed by atoms with Crippen molar-refractivity contribution < 1.29 is 0 Å². The molecular formula is C14H19N3S. The maximum absolute atomic E-state index is 5.77. The first-order valence-corrected chi connectivity index (χ1v) is 7.72. The number of rotatable bonds is 3. The first-order valence-electron chi connectivity index (χ1n) is 6.67. The zero-order chi connectivity index (χ0) is 12.4. The summed E-state index contributed by atoms with van der Waals surface area (Å²) in [5.41, 5.74) is 8.63. The van der Waals surface area contributed by atoms with Gasteiger partial charge in [0.1, 0.15) is 5.82 Å². The first-order chi connectivity index (χ1) is 8.81. The van der Waals surface area contributed by atoms with Gasteiger partial charge in [0, 0.05) is 10.9 Å². The highest BCUT2D eigenvalue weighted by Crippen LogP contribution is 2.30. The van der Waals surface area contributed by atoms with E-state index in [1.165, 1.54) is 32.1 Å². The van der Waals surface area contributed by atoms with Gasteiger partial charge in [0.15, 0.2) is 0 Å². The summed E-state index contributed by atoms with van der Waals surface area (Å²) in [6, 6.07) is 5.84. The molecule has 1 heterocycles. The Labute approximate surface area is 112 Å². The van der Waals surface area contributed by atoms with Crippen LogP contribution in [0.4, 0.5) is 5.69 Å². The Morgan fingerprint density at radius 3 is 2.94 bits per heavy atom. The molecule has 2 aromatic rings. The molecule has 4 heteroatoms. The fraction of sp³-hybridized carbons (Fsp3) is 0.500. The van der Waals surface area contributed by atoms with Gasteiger partial charge in [-0.3, -0.25) is 0 Å². The number of anilines is 1. The highest BCUT2D eigenvalue weighted by Gasteiger charge is 2.14. The molecule has 1 saturated carbocycles. The van der Waals surface area contributed by atoms with Crippen molar-refractivity contribution in [2.75, 3.05) is 5.73 Å². The molecule has 1 aliphatic rings. The monoisotopic (exact) mass is 261 g/mol. The zero-order valence-electron chi connectivity index (χ0n) is 10.5. The zero-order valence-corrected chi connectivity index (χ0v) is 11.3. The number of imidazole rings is 1. The van der Waals surface area contributed by atoms with Gasteiger partial charge in [-0.05, 0) is 31.0 Å². The summed E-state index contributed by atoms with van der Waals surface area (Å²) in [5, 5.41) is 0.831. The topological polar surface area (TPSA) is 54.7 Å². The van der Waals surface area contributed by atoms with Gasteiger partial charge in [-0.1, -0.05) is 19.3 Å². The summed E-state index contributed by atoms with van der Waals surface area (Å²) in [5.74, 6) is 2.06. The molecule has 1 aromatic carbocycles. The van der Waals surface area contributed by atoms with E-state index < -0.39 is 0 Å². The van der Waals surface area contributed by atoms with Crippen LogP contribution in [0.5, 0.6) is 0 Å². The van der Waals surface area contributed by atoms with Crippen LogP contribution >= 0.6 is 11.8 Å². The molecule has 3 rings (SSSR count). The van der Waals surface area contributed by atoms with Gasteiger partial charge < -0.3 is 10.7 Å². The summed E-state index contributed by atoms with van der Waals surface area (Å²) in [6.45, 7) is 0. The van der Waals surface area contributed by atoms with E-state index in [0.29, 0.717) is 0 Å². The number of benzene rings is 1. The lowest BCUT2D eigenvalue weighted by atomic mass is 10.0. The number of aromatic amines is 1. The summed E-state index contributed by atoms with van der Waals surface area (Å²) >= 11 is 2.04. The Kier molecular flexibility index (Phi) is 3.46. The van der Waals surface area contributed by atoms with Crippen LogP contribution in [-0.4, -0.2) is 15.2 Å². The fourth-order valence-electron chi connectivity index (χ4n) is 2.58. The van der Waals surface area contributed by atoms with E-state index in [-0.39, 0.29) is 0 Å². The number of fused-ring (bicyclic) bond motifs is 1. The van der Waals surface area contributed by atoms with Crippen molar-refractivity contribution in [1.29, 1.82) is 0 Å². The van der Waals surface area contributed by atoms with E-state index in [1.54, 1.807) is 0 Å². The van der Waals surface area contributed by atoms with Crippen molar-refractivity contribution in [2.24, 2.45) is 0 Å². The van der Waals surface area contributed by atoms with Gasteiger partial charge in [0.05, 0.1) is 16.8 Å². The predicted octanol–water partition coefficient (Wildman–Crippen LogP) is 3.71. The molecule has 0 amide bonds. The van der Waals surface area contributed by atoms with Crippen molar-refractivity contribution in [3.05, 3.63) is 24.0 Å². The minimum absolute atomic E-state index is 0.789. The van der Waals surface area contributed by atoms with Crippen molar-refractivity contribution >= 4 is 28.5 Å². The molecule has 0 atom stereocenters. The van der Waals surface area contributed by atoms with Crippen LogP contribution in [0.1, 0.15) is 37.9 Å². The van der Waals surface area contributed by atoms with E-state index >= 15 is 0 Å². The molecule has 3 N–H and O–H groups in total. The minimum Gasteiger partial charge on any atom is -0.399 e. The fourth-order valence-corrected chi connectivity index (χ4v) is 3.77. The number of hydrogen-bond acceptors (Lipinski definition) is 3. The second-order valence-electron chi connectivity index (χ2n) is 5.03. The standard InChI is InChI=1S/C14H19N3S/c15-10-6-7-12-13(8-10)17-14(16-12)9-18-11-4-2-1-3-5-11/h6-8,11H,1-5,9,15H2,(H,16,17). The van der Waals surface area contributed by atoms with Gasteiger partial charge in [-0.15, -0.1) is 0 Å². The Hall–Kier alpha value is -1.16. The molecule has 0 aliphatic heterocycles. The molecule has 0 bridgehead atoms. The molecular weight excluding hydrogens is 242 g/mol. The minimum atomic E-state index is 0.789. The maximum Gasteiger partial charge on any atom is 0.117 e. The second-order valence-corrected chi connectivity index (χ2v) is 6.32. The quantitative estimate of drug-likeness (QED) is 0.828. The van der Waals surface area contributed by atoms with E-state index in [0.717, 1.165) is 33.5 Å². The van der Waals surface area contributed by atoms with Crippen LogP contribution in [-0.2, 0) is 5.75 Å². The molecule has 3 nitrogen and oxygen atoms in total. The lowest BCUT2D eigenvalue weighted by Gasteiger charge is -2.20. The maximum atomic E-state index is 5.77. The molecule has 1 aliphatic carbocycles. The molecule has 0 radical (unpaired) electrons. The van der Waals surface area contributed by atoms with Crippen molar-refractivity contribution in [2.45, 2.75) is 43.1 Å². The number of H-pyrrole nitrogens is 1. The third kappa shape index (κ3) is 2.64. The average molecular weight is 261 g/mol. The third-order valence-electron chi connectivity index (χ3n) is 3.56. The Morgan fingerprint density at radius 1 is 1.28 bits per heavy atom. The summed E-state index contributed by atoms with van der Waals surface area (Å²) in [7, 11) is 0. The Morgan fingerprint density at radius 2 is 2.11 bits per heavy atom. The average Bonchev–Trinajstić information content (AvgIpc) is 2.79. The number of aromatic nitrogens is 2. The summed E-state index contributed by atoms with van der Waals surface area (Å²) in [6.07, 6.45) is 6.96. The normalized spacial score (nSPS) is 17.3. The third-order valence-corrected chi connectivity index (χ3v) is 4.95. The van der Waals surface area contributed by atoms with Crippen molar-refractivity contribution in [1.82, 2.24) is 9.97 Å². The first kappa shape index (κ1) is 11.9. The summed E-state index contributed by atoms with van der Waals surface area (Å²) < 4.78 is 0. The second kappa shape index (κ2) is 5.22. The highest BCUT2D eigenvalue weighted by atomic mass is 32.2. The number of nitrogens with one attached hydrogen (secondary N) is 1. The Bertz CT molecular complexity index is 529. The van der Waals surface area contributed by atoms with Crippen LogP contribution in [0.25, 0.3) is 11.0 Å². The molecule has 96 valence electrons. The molecule has 1 fully saturated rings. The lowest BCUT2D eigenvalue weighted by Crippen LogP contribution is -2.08. The van der Waals surface area contributed by atoms with Gasteiger partial charge in [-0.2, -0.15) is 11.8 Å². The van der Waals surface area contributed by atoms with E-state index in [2.05, 4.69) is 9.97 Å². The van der Waals surface area contributed by atoms with Gasteiger partial charge in [-0.25, -0.2) is 4.98 Å². The van der Waals surface area contributed by atoms with E-state index in [4.69, 9.17) is 5.73 Å². The van der Waals surface area contributed by atoms with Crippen LogP contribution in [0.2, 0.25) is 0 Å². The van der Waals surface area contributed by atoms with Crippen LogP contribution in [0, 0.1) is 0 Å². The SMILES string of the molecule is Nc1ccc2nc(CSC3CCCCC3)[nH]c2c1. The van der Waals surface area contributed by atoms with Gasteiger partial charge in [0.2, 0.25) is 0 Å². The van der Waals surface area contributed by atoms with Crippen LogP contribution in [0.3, 0.4) is 0 Å². The lowest BCUT2D eigenvalue weighted by molar-refractivity contribution is 0.516. The molecule has 0 saturated heterocycles. The van der Waals surface area contributed by atoms with Gasteiger partial charge in [0.25, 0.3) is 0 Å². The van der Waals surface area contributed by atoms with Crippen LogP contribution in [0.15, 0.2) is 18.2 Å². The summed E-state index contributed by atoms with van der Waals surface area (Å²) in [4.78, 5) is 7.97. The highest BCUT2D eigenvalue weighted by molar-refractivity contribution is 7.99. The number of hydrogen-bond donors (Lipinski definition) is 2. The largest absolute Gasteiger partial charge is 0.399 e.